The lowest BCUT2D eigenvalue weighted by atomic mass is 9.93. The van der Waals surface area contributed by atoms with Gasteiger partial charge in [0.1, 0.15) is 11.6 Å². The molecule has 0 unspecified atom stereocenters. The first-order valence-corrected chi connectivity index (χ1v) is 15.3. The number of rotatable bonds is 13. The molecular weight excluding hydrogens is 539 g/mol. The molecule has 0 aliphatic heterocycles. The summed E-state index contributed by atoms with van der Waals surface area (Å²) in [4.78, 5) is 0. The summed E-state index contributed by atoms with van der Waals surface area (Å²) < 4.78 is 71.0. The van der Waals surface area contributed by atoms with Gasteiger partial charge in [0.15, 0.2) is 0 Å². The van der Waals surface area contributed by atoms with E-state index in [-0.39, 0.29) is 25.3 Å². The molecule has 7 nitrogen and oxygen atoms in total. The van der Waals surface area contributed by atoms with Crippen molar-refractivity contribution < 1.29 is 26.5 Å². The van der Waals surface area contributed by atoms with Gasteiger partial charge in [0, 0.05) is 19.2 Å². The molecule has 2 atom stereocenters. The van der Waals surface area contributed by atoms with Gasteiger partial charge >= 0.3 is 0 Å². The SMILES string of the molecule is COc1ccc(CN(C)S(=O)(=O)C[C@](COCc2ccccc2)(N[S@@](=O)C(C)(C)C)c2ccccc2F)cc1. The molecule has 1 N–H and O–H groups in total. The summed E-state index contributed by atoms with van der Waals surface area (Å²) >= 11 is 0. The maximum atomic E-state index is 15.4. The molecule has 0 amide bonds. The van der Waals surface area contributed by atoms with Gasteiger partial charge in [-0.25, -0.2) is 26.0 Å². The Labute approximate surface area is 234 Å². The Kier molecular flexibility index (Phi) is 10.4. The van der Waals surface area contributed by atoms with E-state index in [0.29, 0.717) is 5.75 Å². The van der Waals surface area contributed by atoms with Crippen LogP contribution in [0.5, 0.6) is 5.75 Å². The second-order valence-electron chi connectivity index (χ2n) is 10.4. The van der Waals surface area contributed by atoms with Gasteiger partial charge in [-0.2, -0.15) is 0 Å². The molecule has 0 aliphatic carbocycles. The molecule has 0 bridgehead atoms. The molecule has 0 heterocycles. The van der Waals surface area contributed by atoms with Crippen LogP contribution in [0.4, 0.5) is 4.39 Å². The number of methoxy groups -OCH3 is 1. The zero-order valence-corrected chi connectivity index (χ0v) is 24.6. The van der Waals surface area contributed by atoms with Gasteiger partial charge in [-0.1, -0.05) is 60.7 Å². The minimum Gasteiger partial charge on any atom is -0.497 e. The van der Waals surface area contributed by atoms with E-state index in [2.05, 4.69) is 4.72 Å². The van der Waals surface area contributed by atoms with Crippen molar-refractivity contribution >= 4 is 21.0 Å². The summed E-state index contributed by atoms with van der Waals surface area (Å²) in [6.07, 6.45) is 0. The smallest absolute Gasteiger partial charge is 0.216 e. The predicted molar refractivity (Wildman–Crippen MR) is 153 cm³/mol. The average Bonchev–Trinajstić information content (AvgIpc) is 2.89. The van der Waals surface area contributed by atoms with Crippen molar-refractivity contribution in [2.24, 2.45) is 0 Å². The van der Waals surface area contributed by atoms with Crippen molar-refractivity contribution in [2.75, 3.05) is 26.5 Å². The molecule has 212 valence electrons. The maximum Gasteiger partial charge on any atom is 0.216 e. The van der Waals surface area contributed by atoms with Crippen molar-refractivity contribution in [1.82, 2.24) is 9.03 Å². The van der Waals surface area contributed by atoms with Crippen LogP contribution in [0.1, 0.15) is 37.5 Å². The van der Waals surface area contributed by atoms with E-state index in [4.69, 9.17) is 9.47 Å². The lowest BCUT2D eigenvalue weighted by Gasteiger charge is -2.37. The van der Waals surface area contributed by atoms with Crippen molar-refractivity contribution in [3.8, 4) is 5.75 Å². The molecule has 3 aromatic rings. The Balaban J connectivity index is 2.00. The average molecular weight is 577 g/mol. The molecule has 3 aromatic carbocycles. The Morgan fingerprint density at radius 1 is 0.923 bits per heavy atom. The second kappa shape index (κ2) is 13.1. The Hall–Kier alpha value is -2.63. The highest BCUT2D eigenvalue weighted by atomic mass is 32.2. The zero-order valence-electron chi connectivity index (χ0n) is 23.0. The van der Waals surface area contributed by atoms with Crippen LogP contribution in [-0.2, 0) is 44.4 Å². The molecule has 0 aromatic heterocycles. The summed E-state index contributed by atoms with van der Waals surface area (Å²) in [5.74, 6) is -0.538. The minimum atomic E-state index is -4.02. The van der Waals surface area contributed by atoms with Crippen molar-refractivity contribution in [3.63, 3.8) is 0 Å². The van der Waals surface area contributed by atoms with Crippen molar-refractivity contribution in [2.45, 2.75) is 44.2 Å². The second-order valence-corrected chi connectivity index (χ2v) is 14.4. The van der Waals surface area contributed by atoms with Crippen LogP contribution in [0.15, 0.2) is 78.9 Å². The van der Waals surface area contributed by atoms with Crippen molar-refractivity contribution in [1.29, 1.82) is 0 Å². The van der Waals surface area contributed by atoms with Crippen LogP contribution in [0.3, 0.4) is 0 Å². The summed E-state index contributed by atoms with van der Waals surface area (Å²) in [5, 5.41) is 0. The van der Waals surface area contributed by atoms with E-state index in [1.807, 2.05) is 30.3 Å². The molecule has 0 spiro atoms. The third-order valence-corrected chi connectivity index (χ3v) is 9.79. The highest BCUT2D eigenvalue weighted by Gasteiger charge is 2.44. The fourth-order valence-electron chi connectivity index (χ4n) is 3.92. The number of nitrogens with one attached hydrogen (secondary N) is 1. The maximum absolute atomic E-state index is 15.4. The van der Waals surface area contributed by atoms with E-state index in [1.165, 1.54) is 29.6 Å². The molecule has 0 aliphatic rings. The van der Waals surface area contributed by atoms with Gasteiger partial charge in [0.05, 0.1) is 47.3 Å². The van der Waals surface area contributed by atoms with E-state index >= 15 is 4.39 Å². The Morgan fingerprint density at radius 3 is 2.13 bits per heavy atom. The summed E-state index contributed by atoms with van der Waals surface area (Å²) in [7, 11) is -2.74. The van der Waals surface area contributed by atoms with E-state index in [9.17, 15) is 12.6 Å². The van der Waals surface area contributed by atoms with Gasteiger partial charge in [0.2, 0.25) is 10.0 Å². The highest BCUT2D eigenvalue weighted by molar-refractivity contribution is 7.89. The van der Waals surface area contributed by atoms with Crippen molar-refractivity contribution in [3.05, 3.63) is 101 Å². The first-order chi connectivity index (χ1) is 18.4. The van der Waals surface area contributed by atoms with E-state index in [1.54, 1.807) is 58.2 Å². The fraction of sp³-hybridized carbons (Fsp3) is 0.379. The van der Waals surface area contributed by atoms with Gasteiger partial charge in [0.25, 0.3) is 0 Å². The molecule has 0 fully saturated rings. The monoisotopic (exact) mass is 576 g/mol. The predicted octanol–water partition coefficient (Wildman–Crippen LogP) is 4.76. The van der Waals surface area contributed by atoms with Crippen LogP contribution in [0.2, 0.25) is 0 Å². The fourth-order valence-corrected chi connectivity index (χ4v) is 6.41. The molecule has 39 heavy (non-hydrogen) atoms. The molecule has 10 heteroatoms. The number of hydrogen-bond donors (Lipinski definition) is 1. The minimum absolute atomic E-state index is 0.0667. The third-order valence-electron chi connectivity index (χ3n) is 6.16. The number of halogens is 1. The Bertz CT molecular complexity index is 1350. The quantitative estimate of drug-likeness (QED) is 0.317. The molecule has 3 rings (SSSR count). The first-order valence-electron chi connectivity index (χ1n) is 12.5. The van der Waals surface area contributed by atoms with Crippen LogP contribution in [0, 0.1) is 5.82 Å². The standard InChI is InChI=1S/C29H37FN2O5S2/c1-28(2,3)38(33)31-29(26-13-9-10-14-27(26)30,21-37-20-24-11-7-6-8-12-24)22-39(34,35)32(4)19-23-15-17-25(36-5)18-16-23/h6-18,31H,19-22H2,1-5H3/t29-,38-/m0/s1. The molecular formula is C29H37FN2O5S2. The first kappa shape index (κ1) is 30.9. The van der Waals surface area contributed by atoms with Crippen LogP contribution in [0.25, 0.3) is 0 Å². The van der Waals surface area contributed by atoms with Gasteiger partial charge < -0.3 is 9.47 Å². The zero-order chi connectivity index (χ0) is 28.7. The normalized spacial score (nSPS) is 14.6. The molecule has 0 saturated carbocycles. The number of ether oxygens (including phenoxy) is 2. The lowest BCUT2D eigenvalue weighted by Crippen LogP contribution is -2.56. The largest absolute Gasteiger partial charge is 0.497 e. The third kappa shape index (κ3) is 8.43. The van der Waals surface area contributed by atoms with Crippen LogP contribution < -0.4 is 9.46 Å². The Morgan fingerprint density at radius 2 is 1.54 bits per heavy atom. The topological polar surface area (TPSA) is 84.9 Å². The summed E-state index contributed by atoms with van der Waals surface area (Å²) in [6, 6.07) is 22.4. The van der Waals surface area contributed by atoms with E-state index in [0.717, 1.165) is 11.1 Å². The summed E-state index contributed by atoms with van der Waals surface area (Å²) in [5.41, 5.74) is 0.0454. The highest BCUT2D eigenvalue weighted by Crippen LogP contribution is 2.30. The number of nitrogens with zero attached hydrogens (tertiary/aromatic N) is 1. The molecule has 0 radical (unpaired) electrons. The number of sulfonamides is 1. The number of benzene rings is 3. The van der Waals surface area contributed by atoms with Gasteiger partial charge in [-0.05, 0) is 50.1 Å². The summed E-state index contributed by atoms with van der Waals surface area (Å²) in [6.45, 7) is 5.31. The van der Waals surface area contributed by atoms with Gasteiger partial charge in [-0.15, -0.1) is 0 Å². The lowest BCUT2D eigenvalue weighted by molar-refractivity contribution is 0.0719. The van der Waals surface area contributed by atoms with E-state index < -0.39 is 42.9 Å². The number of hydrogen-bond acceptors (Lipinski definition) is 5. The molecule has 0 saturated heterocycles. The van der Waals surface area contributed by atoms with Gasteiger partial charge in [-0.3, -0.25) is 0 Å². The van der Waals surface area contributed by atoms with Crippen LogP contribution >= 0.6 is 0 Å². The van der Waals surface area contributed by atoms with Crippen LogP contribution in [-0.4, -0.2) is 48.2 Å².